The van der Waals surface area contributed by atoms with Gasteiger partial charge in [-0.05, 0) is 17.9 Å². The third-order valence-corrected chi connectivity index (χ3v) is 4.10. The fraction of sp³-hybridized carbons (Fsp3) is 0.143. The fourth-order valence-electron chi connectivity index (χ4n) is 0.749. The molecule has 0 fully saturated rings. The highest BCUT2D eigenvalue weighted by atomic mass is 35.5. The molecule has 0 saturated heterocycles. The molecule has 0 aliphatic carbocycles. The van der Waals surface area contributed by atoms with E-state index in [4.69, 9.17) is 61.2 Å². The third kappa shape index (κ3) is 3.75. The summed E-state index contributed by atoms with van der Waals surface area (Å²) in [5.41, 5.74) is 5.55. The van der Waals surface area contributed by atoms with E-state index in [0.717, 1.165) is 0 Å². The van der Waals surface area contributed by atoms with Crippen LogP contribution in [0.25, 0.3) is 0 Å². The summed E-state index contributed by atoms with van der Waals surface area (Å²) in [4.78, 5) is 0. The Morgan fingerprint density at radius 2 is 1.73 bits per heavy atom. The van der Waals surface area contributed by atoms with Gasteiger partial charge in [-0.25, -0.2) is 5.50 Å². The summed E-state index contributed by atoms with van der Waals surface area (Å²) in [6.45, 7) is -2.81. The van der Waals surface area contributed by atoms with Gasteiger partial charge in [-0.3, -0.25) is 0 Å². The number of rotatable bonds is 3. The van der Waals surface area contributed by atoms with Gasteiger partial charge >= 0.3 is 6.64 Å². The van der Waals surface area contributed by atoms with Gasteiger partial charge < -0.3 is 9.05 Å². The molecule has 0 saturated carbocycles. The number of hydrogen-bond donors (Lipinski definition) is 1. The minimum atomic E-state index is -2.81. The number of hydrogen-bond acceptors (Lipinski definition) is 3. The Labute approximate surface area is 108 Å². The summed E-state index contributed by atoms with van der Waals surface area (Å²) >= 11 is 22.3. The lowest BCUT2D eigenvalue weighted by Crippen LogP contribution is -2.03. The standard InChI is InChI=1S/C7H7Cl3NO2PS/c1-12-14(11,15)13-7-3-5(9)4(8)2-6(7)10/h2-3H,1H3,(H2,11,15). The summed E-state index contributed by atoms with van der Waals surface area (Å²) in [6, 6.07) is 2.89. The monoisotopic (exact) mass is 305 g/mol. The number of nitrogens with two attached hydrogens (primary N) is 1. The van der Waals surface area contributed by atoms with E-state index in [9.17, 15) is 0 Å². The van der Waals surface area contributed by atoms with Gasteiger partial charge in [0.1, 0.15) is 5.75 Å². The van der Waals surface area contributed by atoms with Crippen molar-refractivity contribution >= 4 is 53.3 Å². The van der Waals surface area contributed by atoms with Crippen molar-refractivity contribution in [1.82, 2.24) is 0 Å². The molecule has 0 radical (unpaired) electrons. The van der Waals surface area contributed by atoms with Gasteiger partial charge in [-0.15, -0.1) is 0 Å². The second kappa shape index (κ2) is 5.19. The highest BCUT2D eigenvalue weighted by Gasteiger charge is 2.15. The SMILES string of the molecule is COP(N)(=S)Oc1cc(Cl)c(Cl)cc1Cl. The van der Waals surface area contributed by atoms with Crippen molar-refractivity contribution in [2.24, 2.45) is 5.50 Å². The Morgan fingerprint density at radius 1 is 1.20 bits per heavy atom. The molecule has 1 aromatic carbocycles. The predicted molar refractivity (Wildman–Crippen MR) is 67.6 cm³/mol. The maximum absolute atomic E-state index is 5.86. The Morgan fingerprint density at radius 3 is 2.27 bits per heavy atom. The average Bonchev–Trinajstić information content (AvgIpc) is 2.14. The molecule has 8 heteroatoms. The summed E-state index contributed by atoms with van der Waals surface area (Å²) < 4.78 is 10.0. The summed E-state index contributed by atoms with van der Waals surface area (Å²) in [7, 11) is 1.37. The molecule has 1 rings (SSSR count). The first-order valence-corrected chi connectivity index (χ1v) is 7.48. The van der Waals surface area contributed by atoms with E-state index < -0.39 is 6.64 Å². The van der Waals surface area contributed by atoms with E-state index in [-0.39, 0.29) is 10.8 Å². The van der Waals surface area contributed by atoms with Crippen molar-refractivity contribution in [3.8, 4) is 5.75 Å². The van der Waals surface area contributed by atoms with E-state index in [1.165, 1.54) is 19.2 Å². The van der Waals surface area contributed by atoms with Crippen molar-refractivity contribution < 1.29 is 9.05 Å². The van der Waals surface area contributed by atoms with E-state index in [2.05, 4.69) is 0 Å². The molecule has 0 aliphatic rings. The molecule has 1 unspecified atom stereocenters. The van der Waals surface area contributed by atoms with E-state index in [0.29, 0.717) is 10.0 Å². The zero-order chi connectivity index (χ0) is 11.6. The molecule has 15 heavy (non-hydrogen) atoms. The first-order valence-electron chi connectivity index (χ1n) is 3.64. The van der Waals surface area contributed by atoms with Crippen LogP contribution < -0.4 is 10.0 Å². The summed E-state index contributed by atoms with van der Waals surface area (Å²) in [6.07, 6.45) is 0. The maximum atomic E-state index is 5.86. The molecule has 1 atom stereocenters. The first-order chi connectivity index (χ1) is 6.85. The Kier molecular flexibility index (Phi) is 4.68. The van der Waals surface area contributed by atoms with Gasteiger partial charge in [-0.1, -0.05) is 34.8 Å². The second-order valence-electron chi connectivity index (χ2n) is 2.51. The van der Waals surface area contributed by atoms with Gasteiger partial charge in [0.05, 0.1) is 15.1 Å². The van der Waals surface area contributed by atoms with Crippen LogP contribution in [0.3, 0.4) is 0 Å². The molecule has 1 aromatic rings. The van der Waals surface area contributed by atoms with Gasteiger partial charge in [-0.2, -0.15) is 0 Å². The Bertz CT molecular complexity index is 429. The van der Waals surface area contributed by atoms with Gasteiger partial charge in [0.25, 0.3) is 0 Å². The molecule has 0 aromatic heterocycles. The molecule has 0 amide bonds. The molecule has 0 bridgehead atoms. The van der Waals surface area contributed by atoms with Crippen LogP contribution in [0.15, 0.2) is 12.1 Å². The molecule has 0 aliphatic heterocycles. The van der Waals surface area contributed by atoms with Crippen LogP contribution in [0.5, 0.6) is 5.75 Å². The van der Waals surface area contributed by atoms with Crippen molar-refractivity contribution in [3.63, 3.8) is 0 Å². The van der Waals surface area contributed by atoms with E-state index in [1.54, 1.807) is 0 Å². The quantitative estimate of drug-likeness (QED) is 0.680. The molecular formula is C7H7Cl3NO2PS. The Balaban J connectivity index is 3.06. The van der Waals surface area contributed by atoms with Crippen LogP contribution in [0.4, 0.5) is 0 Å². The molecule has 0 spiro atoms. The maximum Gasteiger partial charge on any atom is 0.309 e. The van der Waals surface area contributed by atoms with Crippen LogP contribution >= 0.6 is 41.4 Å². The van der Waals surface area contributed by atoms with Crippen molar-refractivity contribution in [3.05, 3.63) is 27.2 Å². The second-order valence-corrected chi connectivity index (χ2v) is 6.89. The lowest BCUT2D eigenvalue weighted by Gasteiger charge is -2.16. The summed E-state index contributed by atoms with van der Waals surface area (Å²) in [5, 5.41) is 0.917. The molecule has 3 nitrogen and oxygen atoms in total. The highest BCUT2D eigenvalue weighted by molar-refractivity contribution is 8.08. The van der Waals surface area contributed by atoms with Crippen LogP contribution in [0.2, 0.25) is 15.1 Å². The normalized spacial score (nSPS) is 14.7. The molecule has 2 N–H and O–H groups in total. The third-order valence-electron chi connectivity index (χ3n) is 1.45. The molecule has 0 heterocycles. The summed E-state index contributed by atoms with van der Waals surface area (Å²) in [5.74, 6) is 0.263. The van der Waals surface area contributed by atoms with E-state index in [1.807, 2.05) is 0 Å². The smallest absolute Gasteiger partial charge is 0.309 e. The largest absolute Gasteiger partial charge is 0.431 e. The minimum Gasteiger partial charge on any atom is -0.431 e. The lowest BCUT2D eigenvalue weighted by atomic mass is 10.3. The van der Waals surface area contributed by atoms with Gasteiger partial charge in [0.15, 0.2) is 0 Å². The number of halogens is 3. The minimum absolute atomic E-state index is 0.263. The topological polar surface area (TPSA) is 44.5 Å². The predicted octanol–water partition coefficient (Wildman–Crippen LogP) is 3.86. The lowest BCUT2D eigenvalue weighted by molar-refractivity contribution is 0.393. The van der Waals surface area contributed by atoms with Crippen LogP contribution in [0.1, 0.15) is 0 Å². The zero-order valence-corrected chi connectivity index (χ0v) is 11.5. The van der Waals surface area contributed by atoms with Crippen LogP contribution in [-0.2, 0) is 16.3 Å². The fourth-order valence-corrected chi connectivity index (χ4v) is 2.12. The van der Waals surface area contributed by atoms with Crippen LogP contribution in [0, 0.1) is 0 Å². The van der Waals surface area contributed by atoms with Crippen molar-refractivity contribution in [2.45, 2.75) is 0 Å². The molecular weight excluding hydrogens is 299 g/mol. The van der Waals surface area contributed by atoms with E-state index >= 15 is 0 Å². The Hall–Kier alpha value is 0.460. The van der Waals surface area contributed by atoms with Crippen molar-refractivity contribution in [2.75, 3.05) is 7.11 Å². The first kappa shape index (κ1) is 13.5. The van der Waals surface area contributed by atoms with Crippen LogP contribution in [-0.4, -0.2) is 7.11 Å². The van der Waals surface area contributed by atoms with Crippen molar-refractivity contribution in [1.29, 1.82) is 0 Å². The van der Waals surface area contributed by atoms with Gasteiger partial charge in [0.2, 0.25) is 0 Å². The molecule has 84 valence electrons. The van der Waals surface area contributed by atoms with Gasteiger partial charge in [0, 0.05) is 13.2 Å². The zero-order valence-electron chi connectivity index (χ0n) is 7.54. The average molecular weight is 307 g/mol. The highest BCUT2D eigenvalue weighted by Crippen LogP contribution is 2.44. The number of benzene rings is 1.